The van der Waals surface area contributed by atoms with Crippen molar-refractivity contribution >= 4 is 11.1 Å². The molecule has 0 aromatic carbocycles. The van der Waals surface area contributed by atoms with Gasteiger partial charge in [0.15, 0.2) is 11.1 Å². The largest absolute Gasteiger partial charge is 0.303 e. The van der Waals surface area contributed by atoms with Gasteiger partial charge in [0, 0.05) is 11.8 Å². The van der Waals surface area contributed by atoms with Crippen molar-refractivity contribution in [2.75, 3.05) is 0 Å². The SMILES string of the molecule is O=S(O)C1(F)C2C=CC(C2)C1(F)F. The standard InChI is InChI=1S/C7H7F3O2S/c8-6(9)4-1-2-5(3-4)7(6,10)13(11)12/h1-2,4-5H,3H2,(H,11,12). The van der Waals surface area contributed by atoms with Gasteiger partial charge in [0.2, 0.25) is 0 Å². The van der Waals surface area contributed by atoms with Gasteiger partial charge in [0.1, 0.15) is 0 Å². The molecular formula is C7H7F3O2S. The summed E-state index contributed by atoms with van der Waals surface area (Å²) in [5, 5.41) is -3.29. The molecule has 0 amide bonds. The van der Waals surface area contributed by atoms with Crippen LogP contribution in [-0.2, 0) is 11.1 Å². The molecule has 0 saturated heterocycles. The Morgan fingerprint density at radius 1 is 1.31 bits per heavy atom. The van der Waals surface area contributed by atoms with Crippen LogP contribution >= 0.6 is 0 Å². The maximum Gasteiger partial charge on any atom is 0.302 e. The van der Waals surface area contributed by atoms with Crippen molar-refractivity contribution in [1.82, 2.24) is 0 Å². The predicted octanol–water partition coefficient (Wildman–Crippen LogP) is 1.72. The Morgan fingerprint density at radius 2 is 1.85 bits per heavy atom. The molecule has 0 aliphatic heterocycles. The molecule has 1 fully saturated rings. The van der Waals surface area contributed by atoms with Crippen molar-refractivity contribution in [2.45, 2.75) is 17.3 Å². The number of fused-ring (bicyclic) bond motifs is 2. The lowest BCUT2D eigenvalue weighted by Crippen LogP contribution is -2.50. The van der Waals surface area contributed by atoms with E-state index in [1.54, 1.807) is 0 Å². The van der Waals surface area contributed by atoms with E-state index in [1.165, 1.54) is 12.2 Å². The molecular weight excluding hydrogens is 205 g/mol. The highest BCUT2D eigenvalue weighted by Crippen LogP contribution is 2.59. The summed E-state index contributed by atoms with van der Waals surface area (Å²) >= 11 is -3.14. The monoisotopic (exact) mass is 212 g/mol. The number of halogens is 3. The Kier molecular flexibility index (Phi) is 1.67. The fourth-order valence-corrected chi connectivity index (χ4v) is 2.81. The molecule has 74 valence electrons. The lowest BCUT2D eigenvalue weighted by atomic mass is 10.0. The van der Waals surface area contributed by atoms with Gasteiger partial charge in [-0.05, 0) is 6.42 Å². The molecule has 1 saturated carbocycles. The van der Waals surface area contributed by atoms with Gasteiger partial charge in [-0.15, -0.1) is 0 Å². The van der Waals surface area contributed by atoms with E-state index in [9.17, 15) is 17.4 Å². The van der Waals surface area contributed by atoms with E-state index in [0.29, 0.717) is 0 Å². The maximum absolute atomic E-state index is 13.6. The minimum absolute atomic E-state index is 0.0736. The van der Waals surface area contributed by atoms with Crippen LogP contribution in [0.2, 0.25) is 0 Å². The van der Waals surface area contributed by atoms with Crippen molar-refractivity contribution in [3.05, 3.63) is 12.2 Å². The molecule has 2 bridgehead atoms. The molecule has 2 aliphatic carbocycles. The van der Waals surface area contributed by atoms with Crippen molar-refractivity contribution < 1.29 is 21.9 Å². The molecule has 6 heteroatoms. The maximum atomic E-state index is 13.6. The molecule has 2 aliphatic rings. The van der Waals surface area contributed by atoms with Gasteiger partial charge < -0.3 is 4.55 Å². The van der Waals surface area contributed by atoms with E-state index in [2.05, 4.69) is 0 Å². The van der Waals surface area contributed by atoms with Crippen LogP contribution in [0.5, 0.6) is 0 Å². The number of hydrogen-bond donors (Lipinski definition) is 1. The molecule has 2 nitrogen and oxygen atoms in total. The van der Waals surface area contributed by atoms with Crippen molar-refractivity contribution in [3.63, 3.8) is 0 Å². The lowest BCUT2D eigenvalue weighted by Gasteiger charge is -2.30. The first-order valence-electron chi connectivity index (χ1n) is 3.76. The van der Waals surface area contributed by atoms with Gasteiger partial charge in [-0.25, -0.2) is 17.4 Å². The van der Waals surface area contributed by atoms with Crippen LogP contribution < -0.4 is 0 Å². The summed E-state index contributed by atoms with van der Waals surface area (Å²) in [6.45, 7) is 0. The molecule has 0 spiro atoms. The Bertz CT molecular complexity index is 304. The fourth-order valence-electron chi connectivity index (χ4n) is 1.99. The first-order chi connectivity index (χ1) is 5.90. The molecule has 1 N–H and O–H groups in total. The first-order valence-corrected chi connectivity index (χ1v) is 4.87. The summed E-state index contributed by atoms with van der Waals surface area (Å²) in [5.74, 6) is -6.07. The molecule has 0 aromatic heterocycles. The number of hydrogen-bond acceptors (Lipinski definition) is 1. The van der Waals surface area contributed by atoms with E-state index in [1.807, 2.05) is 0 Å². The molecule has 0 radical (unpaired) electrons. The van der Waals surface area contributed by atoms with E-state index >= 15 is 0 Å². The first kappa shape index (κ1) is 9.21. The van der Waals surface area contributed by atoms with Crippen molar-refractivity contribution in [3.8, 4) is 0 Å². The highest BCUT2D eigenvalue weighted by Gasteiger charge is 2.73. The summed E-state index contributed by atoms with van der Waals surface area (Å²) in [5.41, 5.74) is 0. The summed E-state index contributed by atoms with van der Waals surface area (Å²) in [6, 6.07) is 0. The zero-order chi connectivity index (χ0) is 9.85. The fraction of sp³-hybridized carbons (Fsp3) is 0.714. The summed E-state index contributed by atoms with van der Waals surface area (Å²) < 4.78 is 59.0. The number of rotatable bonds is 1. The van der Waals surface area contributed by atoms with Crippen LogP contribution in [0.3, 0.4) is 0 Å². The van der Waals surface area contributed by atoms with Gasteiger partial charge in [0.25, 0.3) is 5.00 Å². The lowest BCUT2D eigenvalue weighted by molar-refractivity contribution is -0.103. The zero-order valence-corrected chi connectivity index (χ0v) is 7.23. The van der Waals surface area contributed by atoms with Crippen LogP contribution in [0.15, 0.2) is 12.2 Å². The van der Waals surface area contributed by atoms with Gasteiger partial charge >= 0.3 is 5.92 Å². The molecule has 0 aromatic rings. The molecule has 4 unspecified atom stereocenters. The average Bonchev–Trinajstić information content (AvgIpc) is 2.54. The van der Waals surface area contributed by atoms with Crippen molar-refractivity contribution in [1.29, 1.82) is 0 Å². The Labute approximate surface area is 75.1 Å². The third kappa shape index (κ3) is 0.852. The molecule has 0 heterocycles. The summed E-state index contributed by atoms with van der Waals surface area (Å²) in [7, 11) is 0. The molecule has 4 atom stereocenters. The smallest absolute Gasteiger partial charge is 0.302 e. The van der Waals surface area contributed by atoms with E-state index in [0.717, 1.165) is 0 Å². The third-order valence-electron chi connectivity index (χ3n) is 2.73. The van der Waals surface area contributed by atoms with Crippen LogP contribution in [0.1, 0.15) is 6.42 Å². The van der Waals surface area contributed by atoms with Gasteiger partial charge in [-0.3, -0.25) is 0 Å². The van der Waals surface area contributed by atoms with Crippen LogP contribution in [-0.4, -0.2) is 19.7 Å². The van der Waals surface area contributed by atoms with Gasteiger partial charge in [-0.2, -0.15) is 0 Å². The second-order valence-electron chi connectivity index (χ2n) is 3.35. The quantitative estimate of drug-likeness (QED) is 0.530. The molecule has 2 rings (SSSR count). The second-order valence-corrected chi connectivity index (χ2v) is 4.44. The van der Waals surface area contributed by atoms with Crippen LogP contribution in [0.25, 0.3) is 0 Å². The Hall–Kier alpha value is -0.360. The predicted molar refractivity (Wildman–Crippen MR) is 40.3 cm³/mol. The highest BCUT2D eigenvalue weighted by atomic mass is 32.2. The highest BCUT2D eigenvalue weighted by molar-refractivity contribution is 7.80. The van der Waals surface area contributed by atoms with Crippen molar-refractivity contribution in [2.24, 2.45) is 11.8 Å². The topological polar surface area (TPSA) is 37.3 Å². The Morgan fingerprint density at radius 3 is 2.15 bits per heavy atom. The van der Waals surface area contributed by atoms with Crippen LogP contribution in [0, 0.1) is 11.8 Å². The summed E-state index contributed by atoms with van der Waals surface area (Å²) in [4.78, 5) is 0. The number of alkyl halides is 3. The second kappa shape index (κ2) is 2.36. The van der Waals surface area contributed by atoms with Gasteiger partial charge in [-0.1, -0.05) is 12.2 Å². The van der Waals surface area contributed by atoms with E-state index in [4.69, 9.17) is 4.55 Å². The average molecular weight is 212 g/mol. The zero-order valence-electron chi connectivity index (χ0n) is 6.41. The minimum atomic E-state index is -3.72. The number of allylic oxidation sites excluding steroid dienone is 2. The van der Waals surface area contributed by atoms with Crippen LogP contribution in [0.4, 0.5) is 13.2 Å². The van der Waals surface area contributed by atoms with E-state index in [-0.39, 0.29) is 6.42 Å². The summed E-state index contributed by atoms with van der Waals surface area (Å²) in [6.07, 6.45) is 2.40. The Balaban J connectivity index is 2.50. The third-order valence-corrected chi connectivity index (χ3v) is 3.82. The van der Waals surface area contributed by atoms with E-state index < -0.39 is 33.8 Å². The minimum Gasteiger partial charge on any atom is -0.303 e. The molecule has 13 heavy (non-hydrogen) atoms. The van der Waals surface area contributed by atoms with Gasteiger partial charge in [0.05, 0.1) is 0 Å². The normalized spacial score (nSPS) is 48.3.